The lowest BCUT2D eigenvalue weighted by Gasteiger charge is -2.45. The lowest BCUT2D eigenvalue weighted by atomic mass is 10.1. The second-order valence-corrected chi connectivity index (χ2v) is 13.2. The van der Waals surface area contributed by atoms with Crippen LogP contribution in [0.3, 0.4) is 0 Å². The molecule has 9 heteroatoms. The Morgan fingerprint density at radius 3 is 2.06 bits per heavy atom. The fourth-order valence-electron chi connectivity index (χ4n) is 6.10. The molecule has 0 unspecified atom stereocenters. The minimum Gasteiger partial charge on any atom is -0.473 e. The second-order valence-electron chi connectivity index (χ2n) is 13.2. The maximum Gasteiger partial charge on any atom is 0.410 e. The summed E-state index contributed by atoms with van der Waals surface area (Å²) in [6.07, 6.45) is -0.265. The number of hydrogen-bond donors (Lipinski definition) is 0. The number of aromatic nitrogens is 3. The largest absolute Gasteiger partial charge is 0.473 e. The van der Waals surface area contributed by atoms with E-state index < -0.39 is 5.60 Å². The van der Waals surface area contributed by atoms with E-state index in [9.17, 15) is 4.79 Å². The molecule has 0 aliphatic carbocycles. The van der Waals surface area contributed by atoms with Crippen molar-refractivity contribution in [2.45, 2.75) is 65.5 Å². The van der Waals surface area contributed by atoms with Gasteiger partial charge in [-0.05, 0) is 70.0 Å². The smallest absolute Gasteiger partial charge is 0.410 e. The number of amides is 1. The molecule has 1 saturated heterocycles. The highest BCUT2D eigenvalue weighted by Gasteiger charge is 2.36. The van der Waals surface area contributed by atoms with E-state index in [2.05, 4.69) is 36.9 Å². The molecule has 0 radical (unpaired) electrons. The molecule has 3 aromatic carbocycles. The molecule has 0 spiro atoms. The van der Waals surface area contributed by atoms with Gasteiger partial charge < -0.3 is 19.1 Å². The van der Waals surface area contributed by atoms with Crippen LogP contribution in [0.2, 0.25) is 0 Å². The van der Waals surface area contributed by atoms with Crippen molar-refractivity contribution in [3.05, 3.63) is 102 Å². The van der Waals surface area contributed by atoms with Gasteiger partial charge in [-0.1, -0.05) is 60.7 Å². The van der Waals surface area contributed by atoms with E-state index in [1.165, 1.54) is 0 Å². The molecule has 9 nitrogen and oxygen atoms in total. The molecule has 244 valence electrons. The Kier molecular flexibility index (Phi) is 9.07. The average molecular weight is 634 g/mol. The van der Waals surface area contributed by atoms with Crippen LogP contribution < -0.4 is 14.4 Å². The summed E-state index contributed by atoms with van der Waals surface area (Å²) in [5.74, 6) is 0.946. The molecule has 1 amide bonds. The molecule has 1 aliphatic heterocycles. The van der Waals surface area contributed by atoms with E-state index >= 15 is 0 Å². The molecule has 3 heterocycles. The van der Waals surface area contributed by atoms with E-state index in [0.29, 0.717) is 38.1 Å². The highest BCUT2D eigenvalue weighted by Crippen LogP contribution is 2.37. The average Bonchev–Trinajstić information content (AvgIpc) is 3.37. The lowest BCUT2D eigenvalue weighted by Crippen LogP contribution is -2.59. The number of rotatable bonds is 8. The topological polar surface area (TPSA) is 82.0 Å². The fraction of sp³-hybridized carbons (Fsp3) is 0.342. The van der Waals surface area contributed by atoms with E-state index in [1.54, 1.807) is 0 Å². The van der Waals surface area contributed by atoms with Crippen LogP contribution in [-0.4, -0.2) is 56.5 Å². The normalized spacial score (nSPS) is 16.7. The zero-order valence-corrected chi connectivity index (χ0v) is 28.0. The van der Waals surface area contributed by atoms with Crippen molar-refractivity contribution in [1.82, 2.24) is 19.7 Å². The maximum atomic E-state index is 13.0. The van der Waals surface area contributed by atoms with Gasteiger partial charge in [0.2, 0.25) is 11.8 Å². The number of benzene rings is 3. The van der Waals surface area contributed by atoms with Crippen LogP contribution in [0.15, 0.2) is 91.0 Å². The number of fused-ring (bicyclic) bond motifs is 1. The Labute approximate surface area is 276 Å². The summed E-state index contributed by atoms with van der Waals surface area (Å²) >= 11 is 0. The minimum atomic E-state index is -0.534. The number of ether oxygens (including phenoxy) is 3. The third-order valence-electron chi connectivity index (χ3n) is 8.26. The second kappa shape index (κ2) is 13.4. The fourth-order valence-corrected chi connectivity index (χ4v) is 6.10. The SMILES string of the molecule is C[C@@H]1CN(c2ccc3c(-c4ccc(OCc5ccccc5)nc4OCc4ccccc4)nn(C)c3c2)C[C@H](C)N1C(=O)OC(C)(C)C. The predicted octanol–water partition coefficient (Wildman–Crippen LogP) is 7.63. The van der Waals surface area contributed by atoms with Crippen LogP contribution in [0, 0.1) is 0 Å². The zero-order chi connectivity index (χ0) is 33.1. The number of carbonyl (C=O) groups is 1. The first-order valence-corrected chi connectivity index (χ1v) is 16.1. The Bertz CT molecular complexity index is 1820. The molecule has 6 rings (SSSR count). The summed E-state index contributed by atoms with van der Waals surface area (Å²) in [6, 6.07) is 30.3. The van der Waals surface area contributed by atoms with Gasteiger partial charge >= 0.3 is 6.09 Å². The van der Waals surface area contributed by atoms with Gasteiger partial charge in [0.15, 0.2) is 0 Å². The van der Waals surface area contributed by atoms with Gasteiger partial charge in [-0.25, -0.2) is 4.79 Å². The number of pyridine rings is 1. The summed E-state index contributed by atoms with van der Waals surface area (Å²) in [4.78, 5) is 22.0. The first kappa shape index (κ1) is 31.9. The summed E-state index contributed by atoms with van der Waals surface area (Å²) in [5, 5.41) is 5.95. The Morgan fingerprint density at radius 1 is 0.830 bits per heavy atom. The molecule has 0 saturated carbocycles. The molecule has 1 fully saturated rings. The van der Waals surface area contributed by atoms with E-state index in [-0.39, 0.29) is 18.2 Å². The number of anilines is 1. The number of nitrogens with zero attached hydrogens (tertiary/aromatic N) is 5. The van der Waals surface area contributed by atoms with E-state index in [4.69, 9.17) is 24.3 Å². The number of aryl methyl sites for hydroxylation is 1. The Balaban J connectivity index is 1.27. The first-order valence-electron chi connectivity index (χ1n) is 16.1. The lowest BCUT2D eigenvalue weighted by molar-refractivity contribution is 0.00566. The molecule has 47 heavy (non-hydrogen) atoms. The highest BCUT2D eigenvalue weighted by molar-refractivity contribution is 5.96. The van der Waals surface area contributed by atoms with Crippen molar-refractivity contribution in [3.8, 4) is 23.0 Å². The van der Waals surface area contributed by atoms with Crippen molar-refractivity contribution in [3.63, 3.8) is 0 Å². The van der Waals surface area contributed by atoms with Gasteiger partial charge in [-0.2, -0.15) is 10.1 Å². The van der Waals surface area contributed by atoms with Gasteiger partial charge in [-0.3, -0.25) is 9.58 Å². The quantitative estimate of drug-likeness (QED) is 0.174. The van der Waals surface area contributed by atoms with Crippen molar-refractivity contribution < 1.29 is 19.0 Å². The third kappa shape index (κ3) is 7.35. The van der Waals surface area contributed by atoms with Gasteiger partial charge in [0.1, 0.15) is 24.5 Å². The van der Waals surface area contributed by atoms with E-state index in [1.807, 2.05) is 110 Å². The summed E-state index contributed by atoms with van der Waals surface area (Å²) < 4.78 is 20.0. The standard InChI is InChI=1S/C38H43N5O4/c1-26-22-42(23-27(2)43(26)37(44)47-38(3,4)5)30-17-18-31-33(21-30)41(6)40-35(31)32-19-20-34(45-24-28-13-9-7-10-14-28)39-36(32)46-25-29-15-11-8-12-16-29/h7-21,26-27H,22-25H2,1-6H3/t26-,27+. The monoisotopic (exact) mass is 633 g/mol. The number of carbonyl (C=O) groups excluding carboxylic acids is 1. The van der Waals surface area contributed by atoms with Crippen molar-refractivity contribution in [2.24, 2.45) is 7.05 Å². The third-order valence-corrected chi connectivity index (χ3v) is 8.26. The van der Waals surface area contributed by atoms with Crippen LogP contribution >= 0.6 is 0 Å². The summed E-state index contributed by atoms with van der Waals surface area (Å²) in [5.41, 5.74) is 5.22. The number of hydrogen-bond acceptors (Lipinski definition) is 7. The van der Waals surface area contributed by atoms with Crippen LogP contribution in [0.1, 0.15) is 45.7 Å². The van der Waals surface area contributed by atoms with Gasteiger partial charge in [0.25, 0.3) is 0 Å². The molecule has 0 bridgehead atoms. The van der Waals surface area contributed by atoms with Crippen molar-refractivity contribution in [1.29, 1.82) is 0 Å². The highest BCUT2D eigenvalue weighted by atomic mass is 16.6. The molecular formula is C38H43N5O4. The van der Waals surface area contributed by atoms with Gasteiger partial charge in [-0.15, -0.1) is 0 Å². The van der Waals surface area contributed by atoms with Crippen LogP contribution in [0.25, 0.3) is 22.2 Å². The van der Waals surface area contributed by atoms with Gasteiger partial charge in [0.05, 0.1) is 23.2 Å². The maximum absolute atomic E-state index is 13.0. The first-order chi connectivity index (χ1) is 22.6. The molecule has 1 aliphatic rings. The summed E-state index contributed by atoms with van der Waals surface area (Å²) in [7, 11) is 1.95. The van der Waals surface area contributed by atoms with E-state index in [0.717, 1.165) is 39.0 Å². The Morgan fingerprint density at radius 2 is 1.45 bits per heavy atom. The van der Waals surface area contributed by atoms with Crippen molar-refractivity contribution in [2.75, 3.05) is 18.0 Å². The molecule has 2 atom stereocenters. The van der Waals surface area contributed by atoms with Crippen LogP contribution in [0.4, 0.5) is 10.5 Å². The van der Waals surface area contributed by atoms with Crippen molar-refractivity contribution >= 4 is 22.7 Å². The summed E-state index contributed by atoms with van der Waals surface area (Å²) in [6.45, 7) is 12.0. The minimum absolute atomic E-state index is 0.00980. The zero-order valence-electron chi connectivity index (χ0n) is 28.0. The van der Waals surface area contributed by atoms with Crippen LogP contribution in [0.5, 0.6) is 11.8 Å². The molecule has 0 N–H and O–H groups in total. The molecule has 2 aromatic heterocycles. The van der Waals surface area contributed by atoms with Crippen LogP contribution in [-0.2, 0) is 25.0 Å². The Hall–Kier alpha value is -5.05. The predicted molar refractivity (Wildman–Crippen MR) is 185 cm³/mol. The molecule has 5 aromatic rings. The number of piperazine rings is 1. The molecular weight excluding hydrogens is 590 g/mol. The van der Waals surface area contributed by atoms with Gasteiger partial charge in [0, 0.05) is 37.3 Å².